The van der Waals surface area contributed by atoms with Gasteiger partial charge in [-0.25, -0.2) is 8.78 Å². The lowest BCUT2D eigenvalue weighted by Crippen LogP contribution is -2.49. The number of piperidine rings is 1. The molecule has 0 radical (unpaired) electrons. The van der Waals surface area contributed by atoms with E-state index in [4.69, 9.17) is 0 Å². The average Bonchev–Trinajstić information content (AvgIpc) is 2.54. The van der Waals surface area contributed by atoms with Gasteiger partial charge in [-0.05, 0) is 37.0 Å². The first kappa shape index (κ1) is 17.5. The van der Waals surface area contributed by atoms with Gasteiger partial charge in [-0.1, -0.05) is 6.92 Å². The molecule has 1 aliphatic heterocycles. The highest BCUT2D eigenvalue weighted by Gasteiger charge is 2.31. The van der Waals surface area contributed by atoms with E-state index in [2.05, 4.69) is 0 Å². The van der Waals surface area contributed by atoms with E-state index in [9.17, 15) is 23.5 Å². The number of amides is 1. The van der Waals surface area contributed by atoms with Crippen LogP contribution in [-0.2, 0) is 4.79 Å². The third-order valence-corrected chi connectivity index (χ3v) is 4.43. The van der Waals surface area contributed by atoms with Crippen molar-refractivity contribution >= 4 is 11.7 Å². The van der Waals surface area contributed by atoms with Crippen molar-refractivity contribution in [1.29, 1.82) is 0 Å². The van der Waals surface area contributed by atoms with Crippen LogP contribution in [0.5, 0.6) is 0 Å². The zero-order valence-corrected chi connectivity index (χ0v) is 13.1. The fourth-order valence-corrected chi connectivity index (χ4v) is 3.02. The molecule has 1 heterocycles. The maximum absolute atomic E-state index is 13.1. The Morgan fingerprint density at radius 2 is 2.00 bits per heavy atom. The molecular formula is C17H21F2NO3. The van der Waals surface area contributed by atoms with Crippen LogP contribution in [0.3, 0.4) is 0 Å². The van der Waals surface area contributed by atoms with E-state index in [0.717, 1.165) is 25.0 Å². The second-order valence-electron chi connectivity index (χ2n) is 6.01. The van der Waals surface area contributed by atoms with Crippen LogP contribution < -0.4 is 0 Å². The summed E-state index contributed by atoms with van der Waals surface area (Å²) >= 11 is 0. The summed E-state index contributed by atoms with van der Waals surface area (Å²) in [5.74, 6) is -2.45. The normalized spacial score (nSPS) is 21.3. The van der Waals surface area contributed by atoms with Crippen LogP contribution in [0.2, 0.25) is 0 Å². The first-order valence-electron chi connectivity index (χ1n) is 7.82. The molecule has 1 amide bonds. The van der Waals surface area contributed by atoms with E-state index in [1.807, 2.05) is 6.92 Å². The van der Waals surface area contributed by atoms with Gasteiger partial charge in [-0.2, -0.15) is 0 Å². The number of carbonyl (C=O) groups is 2. The number of rotatable bonds is 5. The summed E-state index contributed by atoms with van der Waals surface area (Å²) in [6.45, 7) is 2.48. The number of carbonyl (C=O) groups excluding carboxylic acids is 2. The quantitative estimate of drug-likeness (QED) is 0.847. The van der Waals surface area contributed by atoms with Crippen LogP contribution in [-0.4, -0.2) is 40.9 Å². The lowest BCUT2D eigenvalue weighted by atomic mass is 9.91. The SMILES string of the molecule is CC1CCCN(C(=O)CCC(=O)c2ccc(F)c(F)c2)C1CO. The van der Waals surface area contributed by atoms with Crippen molar-refractivity contribution in [3.63, 3.8) is 0 Å². The van der Waals surface area contributed by atoms with Crippen molar-refractivity contribution in [2.45, 2.75) is 38.6 Å². The second-order valence-corrected chi connectivity index (χ2v) is 6.01. The van der Waals surface area contributed by atoms with Crippen LogP contribution in [0.15, 0.2) is 18.2 Å². The van der Waals surface area contributed by atoms with Crippen molar-refractivity contribution in [3.05, 3.63) is 35.4 Å². The van der Waals surface area contributed by atoms with Crippen LogP contribution >= 0.6 is 0 Å². The van der Waals surface area contributed by atoms with E-state index < -0.39 is 17.4 Å². The number of halogens is 2. The third kappa shape index (κ3) is 4.13. The van der Waals surface area contributed by atoms with Crippen molar-refractivity contribution in [2.75, 3.05) is 13.2 Å². The number of Topliss-reactive ketones (excluding diaryl/α,β-unsaturated/α-hetero) is 1. The second kappa shape index (κ2) is 7.64. The Balaban J connectivity index is 1.95. The standard InChI is InChI=1S/C17H21F2NO3/c1-11-3-2-8-20(15(11)10-21)17(23)7-6-16(22)12-4-5-13(18)14(19)9-12/h4-5,9,11,15,21H,2-3,6-8,10H2,1H3. The number of nitrogens with zero attached hydrogens (tertiary/aromatic N) is 1. The Labute approximate surface area is 134 Å². The van der Waals surface area contributed by atoms with Gasteiger partial charge in [0.05, 0.1) is 12.6 Å². The van der Waals surface area contributed by atoms with Crippen molar-refractivity contribution in [3.8, 4) is 0 Å². The van der Waals surface area contributed by atoms with Crippen LogP contribution in [0.25, 0.3) is 0 Å². The molecule has 1 aliphatic rings. The van der Waals surface area contributed by atoms with Gasteiger partial charge in [-0.15, -0.1) is 0 Å². The van der Waals surface area contributed by atoms with E-state index in [1.54, 1.807) is 4.90 Å². The van der Waals surface area contributed by atoms with E-state index in [1.165, 1.54) is 6.07 Å². The van der Waals surface area contributed by atoms with E-state index >= 15 is 0 Å². The number of ketones is 1. The highest BCUT2D eigenvalue weighted by Crippen LogP contribution is 2.24. The maximum Gasteiger partial charge on any atom is 0.223 e. The van der Waals surface area contributed by atoms with Gasteiger partial charge in [0.25, 0.3) is 0 Å². The molecule has 2 unspecified atom stereocenters. The highest BCUT2D eigenvalue weighted by atomic mass is 19.2. The Hall–Kier alpha value is -1.82. The monoisotopic (exact) mass is 325 g/mol. The van der Waals surface area contributed by atoms with E-state index in [0.29, 0.717) is 6.54 Å². The van der Waals surface area contributed by atoms with Gasteiger partial charge in [-0.3, -0.25) is 9.59 Å². The smallest absolute Gasteiger partial charge is 0.223 e. The minimum Gasteiger partial charge on any atom is -0.394 e. The summed E-state index contributed by atoms with van der Waals surface area (Å²) < 4.78 is 26.0. The minimum absolute atomic E-state index is 0.00104. The van der Waals surface area contributed by atoms with Gasteiger partial charge < -0.3 is 10.0 Å². The molecule has 1 fully saturated rings. The van der Waals surface area contributed by atoms with Gasteiger partial charge in [0.1, 0.15) is 0 Å². The maximum atomic E-state index is 13.1. The summed E-state index contributed by atoms with van der Waals surface area (Å²) in [5, 5.41) is 9.45. The van der Waals surface area contributed by atoms with Crippen LogP contribution in [0.4, 0.5) is 8.78 Å². The number of benzene rings is 1. The number of hydrogen-bond donors (Lipinski definition) is 1. The zero-order chi connectivity index (χ0) is 17.0. The summed E-state index contributed by atoms with van der Waals surface area (Å²) in [5.41, 5.74) is 0.0578. The first-order valence-corrected chi connectivity index (χ1v) is 7.82. The number of aliphatic hydroxyl groups is 1. The predicted molar refractivity (Wildman–Crippen MR) is 80.9 cm³/mol. The molecule has 6 heteroatoms. The minimum atomic E-state index is -1.08. The Morgan fingerprint density at radius 3 is 2.65 bits per heavy atom. The molecule has 2 rings (SSSR count). The molecule has 1 aromatic rings. The lowest BCUT2D eigenvalue weighted by Gasteiger charge is -2.39. The molecule has 1 N–H and O–H groups in total. The largest absolute Gasteiger partial charge is 0.394 e. The number of aliphatic hydroxyl groups excluding tert-OH is 1. The molecule has 1 saturated heterocycles. The number of hydrogen-bond acceptors (Lipinski definition) is 3. The Morgan fingerprint density at radius 1 is 1.26 bits per heavy atom. The van der Waals surface area contributed by atoms with Crippen LogP contribution in [0.1, 0.15) is 43.0 Å². The highest BCUT2D eigenvalue weighted by molar-refractivity contribution is 5.98. The molecule has 0 aliphatic carbocycles. The van der Waals surface area contributed by atoms with Crippen molar-refractivity contribution < 1.29 is 23.5 Å². The average molecular weight is 325 g/mol. The van der Waals surface area contributed by atoms with Crippen molar-refractivity contribution in [1.82, 2.24) is 4.90 Å². The molecule has 1 aromatic carbocycles. The van der Waals surface area contributed by atoms with Gasteiger partial charge in [0.15, 0.2) is 17.4 Å². The molecule has 4 nitrogen and oxygen atoms in total. The molecule has 126 valence electrons. The fraction of sp³-hybridized carbons (Fsp3) is 0.529. The zero-order valence-electron chi connectivity index (χ0n) is 13.1. The van der Waals surface area contributed by atoms with E-state index in [-0.39, 0.29) is 42.9 Å². The van der Waals surface area contributed by atoms with Crippen molar-refractivity contribution in [2.24, 2.45) is 5.92 Å². The molecule has 23 heavy (non-hydrogen) atoms. The molecule has 0 spiro atoms. The van der Waals surface area contributed by atoms with Gasteiger partial charge in [0, 0.05) is 24.9 Å². The number of likely N-dealkylation sites (tertiary alicyclic amines) is 1. The first-order chi connectivity index (χ1) is 10.9. The fourth-order valence-electron chi connectivity index (χ4n) is 3.02. The molecule has 0 saturated carbocycles. The topological polar surface area (TPSA) is 57.6 Å². The summed E-state index contributed by atoms with van der Waals surface area (Å²) in [4.78, 5) is 25.9. The Kier molecular flexibility index (Phi) is 5.82. The molecular weight excluding hydrogens is 304 g/mol. The molecule has 0 aromatic heterocycles. The van der Waals surface area contributed by atoms with Gasteiger partial charge in [0.2, 0.25) is 5.91 Å². The third-order valence-electron chi connectivity index (χ3n) is 4.43. The Bertz CT molecular complexity index is 591. The van der Waals surface area contributed by atoms with Crippen LogP contribution in [0, 0.1) is 17.6 Å². The summed E-state index contributed by atoms with van der Waals surface area (Å²) in [6, 6.07) is 2.75. The summed E-state index contributed by atoms with van der Waals surface area (Å²) in [6.07, 6.45) is 1.78. The molecule has 0 bridgehead atoms. The molecule has 2 atom stereocenters. The summed E-state index contributed by atoms with van der Waals surface area (Å²) in [7, 11) is 0. The predicted octanol–water partition coefficient (Wildman–Crippen LogP) is 2.55. The van der Waals surface area contributed by atoms with Gasteiger partial charge >= 0.3 is 0 Å². The lowest BCUT2D eigenvalue weighted by molar-refractivity contribution is -0.137.